The fourth-order valence-electron chi connectivity index (χ4n) is 2.80. The largest absolute Gasteiger partial charge is 0.349 e. The van der Waals surface area contributed by atoms with Gasteiger partial charge in [-0.1, -0.05) is 11.6 Å². The Bertz CT molecular complexity index is 693. The molecule has 124 valence electrons. The molecule has 0 aliphatic carbocycles. The van der Waals surface area contributed by atoms with Gasteiger partial charge in [0.25, 0.3) is 5.91 Å². The van der Waals surface area contributed by atoms with Crippen LogP contribution in [-0.2, 0) is 0 Å². The summed E-state index contributed by atoms with van der Waals surface area (Å²) < 4.78 is 1.66. The first-order chi connectivity index (χ1) is 11.0. The summed E-state index contributed by atoms with van der Waals surface area (Å²) in [4.78, 5) is 17.0. The van der Waals surface area contributed by atoms with Gasteiger partial charge in [0.15, 0.2) is 5.69 Å². The van der Waals surface area contributed by atoms with Gasteiger partial charge in [-0.25, -0.2) is 4.52 Å². The first kappa shape index (κ1) is 16.2. The number of pyridine rings is 1. The lowest BCUT2D eigenvalue weighted by Gasteiger charge is -2.36. The number of nitrogens with zero attached hydrogens (tertiary/aromatic N) is 4. The molecule has 6 nitrogen and oxygen atoms in total. The molecule has 1 N–H and O–H groups in total. The van der Waals surface area contributed by atoms with Crippen molar-refractivity contribution in [1.29, 1.82) is 0 Å². The van der Waals surface area contributed by atoms with Crippen molar-refractivity contribution < 1.29 is 4.79 Å². The minimum atomic E-state index is -0.147. The number of halogens is 1. The van der Waals surface area contributed by atoms with Crippen LogP contribution >= 0.6 is 11.6 Å². The number of amides is 1. The van der Waals surface area contributed by atoms with Crippen LogP contribution in [0.3, 0.4) is 0 Å². The van der Waals surface area contributed by atoms with E-state index in [1.54, 1.807) is 28.9 Å². The van der Waals surface area contributed by atoms with Gasteiger partial charge < -0.3 is 10.2 Å². The SMILES string of the molecule is CC(CNC(=O)c1cc2cc(Cl)ccn2n1)N1CCN(C)CC1. The Morgan fingerprint density at radius 3 is 2.83 bits per heavy atom. The van der Waals surface area contributed by atoms with Crippen molar-refractivity contribution in [3.05, 3.63) is 35.1 Å². The third kappa shape index (κ3) is 3.83. The zero-order valence-corrected chi connectivity index (χ0v) is 14.3. The highest BCUT2D eigenvalue weighted by Crippen LogP contribution is 2.13. The van der Waals surface area contributed by atoms with Gasteiger partial charge in [0.2, 0.25) is 0 Å². The summed E-state index contributed by atoms with van der Waals surface area (Å²) in [7, 11) is 2.14. The summed E-state index contributed by atoms with van der Waals surface area (Å²) in [6, 6.07) is 5.61. The topological polar surface area (TPSA) is 52.9 Å². The lowest BCUT2D eigenvalue weighted by molar-refractivity contribution is 0.0899. The predicted molar refractivity (Wildman–Crippen MR) is 91.1 cm³/mol. The molecule has 0 saturated carbocycles. The summed E-state index contributed by atoms with van der Waals surface area (Å²) in [5.41, 5.74) is 1.23. The third-order valence-corrected chi connectivity index (χ3v) is 4.61. The Morgan fingerprint density at radius 1 is 1.35 bits per heavy atom. The molecule has 2 aromatic heterocycles. The molecule has 23 heavy (non-hydrogen) atoms. The average Bonchev–Trinajstić information content (AvgIpc) is 2.96. The van der Waals surface area contributed by atoms with Crippen LogP contribution in [0.15, 0.2) is 24.4 Å². The molecule has 1 aliphatic rings. The second kappa shape index (κ2) is 6.86. The van der Waals surface area contributed by atoms with Crippen LogP contribution in [-0.4, -0.2) is 71.1 Å². The highest BCUT2D eigenvalue weighted by molar-refractivity contribution is 6.30. The summed E-state index contributed by atoms with van der Waals surface area (Å²) in [5.74, 6) is -0.147. The van der Waals surface area contributed by atoms with Crippen molar-refractivity contribution in [1.82, 2.24) is 24.7 Å². The van der Waals surface area contributed by atoms with Crippen molar-refractivity contribution in [2.24, 2.45) is 0 Å². The molecule has 1 unspecified atom stereocenters. The molecule has 1 saturated heterocycles. The van der Waals surface area contributed by atoms with Gasteiger partial charge in [0, 0.05) is 50.0 Å². The molecule has 1 atom stereocenters. The van der Waals surface area contributed by atoms with E-state index < -0.39 is 0 Å². The summed E-state index contributed by atoms with van der Waals surface area (Å²) >= 11 is 5.96. The second-order valence-corrected chi connectivity index (χ2v) is 6.58. The Morgan fingerprint density at radius 2 is 2.09 bits per heavy atom. The van der Waals surface area contributed by atoms with Crippen molar-refractivity contribution >= 4 is 23.0 Å². The molecule has 3 rings (SSSR count). The van der Waals surface area contributed by atoms with E-state index in [1.165, 1.54) is 0 Å². The molecular weight excluding hydrogens is 314 g/mol. The normalized spacial score (nSPS) is 18.2. The number of carbonyl (C=O) groups is 1. The summed E-state index contributed by atoms with van der Waals surface area (Å²) in [6.45, 7) is 7.00. The van der Waals surface area contributed by atoms with Crippen molar-refractivity contribution in [3.63, 3.8) is 0 Å². The molecule has 3 heterocycles. The molecular formula is C16H22ClN5O. The van der Waals surface area contributed by atoms with E-state index in [2.05, 4.69) is 34.2 Å². The maximum Gasteiger partial charge on any atom is 0.271 e. The monoisotopic (exact) mass is 335 g/mol. The third-order valence-electron chi connectivity index (χ3n) is 4.38. The maximum absolute atomic E-state index is 12.3. The van der Waals surface area contributed by atoms with E-state index in [0.717, 1.165) is 31.7 Å². The van der Waals surface area contributed by atoms with Crippen LogP contribution in [0.1, 0.15) is 17.4 Å². The number of fused-ring (bicyclic) bond motifs is 1. The Balaban J connectivity index is 1.57. The van der Waals surface area contributed by atoms with Gasteiger partial charge >= 0.3 is 0 Å². The highest BCUT2D eigenvalue weighted by Gasteiger charge is 2.20. The van der Waals surface area contributed by atoms with Crippen molar-refractivity contribution in [3.8, 4) is 0 Å². The minimum absolute atomic E-state index is 0.147. The number of likely N-dealkylation sites (N-methyl/N-ethyl adjacent to an activating group) is 1. The Hall–Kier alpha value is -1.63. The lowest BCUT2D eigenvalue weighted by atomic mass is 10.2. The van der Waals surface area contributed by atoms with Gasteiger partial charge in [0.1, 0.15) is 0 Å². The fourth-order valence-corrected chi connectivity index (χ4v) is 2.97. The van der Waals surface area contributed by atoms with Crippen LogP contribution in [0.4, 0.5) is 0 Å². The molecule has 2 aromatic rings. The molecule has 0 spiro atoms. The lowest BCUT2D eigenvalue weighted by Crippen LogP contribution is -2.51. The van der Waals surface area contributed by atoms with Crippen LogP contribution < -0.4 is 5.32 Å². The van der Waals surface area contributed by atoms with Crippen LogP contribution in [0.2, 0.25) is 5.02 Å². The van der Waals surface area contributed by atoms with E-state index in [0.29, 0.717) is 23.3 Å². The first-order valence-corrected chi connectivity index (χ1v) is 8.26. The molecule has 0 radical (unpaired) electrons. The molecule has 1 amide bonds. The molecule has 0 aromatic carbocycles. The maximum atomic E-state index is 12.3. The Kier molecular flexibility index (Phi) is 4.84. The number of hydrogen-bond donors (Lipinski definition) is 1. The van der Waals surface area contributed by atoms with Gasteiger partial charge in [-0.05, 0) is 32.2 Å². The first-order valence-electron chi connectivity index (χ1n) is 7.88. The smallest absolute Gasteiger partial charge is 0.271 e. The van der Waals surface area contributed by atoms with Crippen LogP contribution in [0.25, 0.3) is 5.52 Å². The molecule has 1 fully saturated rings. The van der Waals surface area contributed by atoms with E-state index in [4.69, 9.17) is 11.6 Å². The van der Waals surface area contributed by atoms with Gasteiger partial charge in [-0.3, -0.25) is 9.69 Å². The van der Waals surface area contributed by atoms with Crippen LogP contribution in [0.5, 0.6) is 0 Å². The van der Waals surface area contributed by atoms with Gasteiger partial charge in [0.05, 0.1) is 5.52 Å². The number of aromatic nitrogens is 2. The number of piperazine rings is 1. The Labute approximate surface area is 141 Å². The van der Waals surface area contributed by atoms with E-state index in [1.807, 2.05) is 0 Å². The van der Waals surface area contributed by atoms with E-state index in [9.17, 15) is 4.79 Å². The zero-order valence-electron chi connectivity index (χ0n) is 13.5. The van der Waals surface area contributed by atoms with E-state index in [-0.39, 0.29) is 5.91 Å². The highest BCUT2D eigenvalue weighted by atomic mass is 35.5. The zero-order chi connectivity index (χ0) is 16.4. The summed E-state index contributed by atoms with van der Waals surface area (Å²) in [5, 5.41) is 7.89. The molecule has 0 bridgehead atoms. The molecule has 7 heteroatoms. The number of carbonyl (C=O) groups excluding carboxylic acids is 1. The van der Waals surface area contributed by atoms with Crippen LogP contribution in [0, 0.1) is 0 Å². The van der Waals surface area contributed by atoms with Crippen molar-refractivity contribution in [2.75, 3.05) is 39.8 Å². The predicted octanol–water partition coefficient (Wildman–Crippen LogP) is 1.35. The van der Waals surface area contributed by atoms with Gasteiger partial charge in [-0.15, -0.1) is 0 Å². The average molecular weight is 336 g/mol. The molecule has 1 aliphatic heterocycles. The number of nitrogens with one attached hydrogen (secondary N) is 1. The van der Waals surface area contributed by atoms with E-state index >= 15 is 0 Å². The number of hydrogen-bond acceptors (Lipinski definition) is 4. The van der Waals surface area contributed by atoms with Gasteiger partial charge in [-0.2, -0.15) is 5.10 Å². The fraction of sp³-hybridized carbons (Fsp3) is 0.500. The second-order valence-electron chi connectivity index (χ2n) is 6.14. The minimum Gasteiger partial charge on any atom is -0.349 e. The number of rotatable bonds is 4. The standard InChI is InChI=1S/C16H22ClN5O/c1-12(21-7-5-20(2)6-8-21)11-18-16(23)15-10-14-9-13(17)3-4-22(14)19-15/h3-4,9-10,12H,5-8,11H2,1-2H3,(H,18,23). The van der Waals surface area contributed by atoms with Crippen molar-refractivity contribution in [2.45, 2.75) is 13.0 Å². The quantitative estimate of drug-likeness (QED) is 0.916. The summed E-state index contributed by atoms with van der Waals surface area (Å²) in [6.07, 6.45) is 1.75.